The van der Waals surface area contributed by atoms with E-state index in [4.69, 9.17) is 9.97 Å². The van der Waals surface area contributed by atoms with E-state index in [0.717, 1.165) is 44.5 Å². The summed E-state index contributed by atoms with van der Waals surface area (Å²) in [7, 11) is 0. The minimum absolute atomic E-state index is 0.673. The number of imidazole rings is 1. The Kier molecular flexibility index (Phi) is 4.95. The molecule has 0 aliphatic carbocycles. The summed E-state index contributed by atoms with van der Waals surface area (Å²) in [6.45, 7) is 7.85. The number of nitrogens with one attached hydrogen (secondary N) is 2. The molecule has 0 saturated heterocycles. The number of allylic oxidation sites excluding steroid dienone is 2. The highest BCUT2D eigenvalue weighted by Crippen LogP contribution is 2.31. The zero-order valence-electron chi connectivity index (χ0n) is 17.9. The Morgan fingerprint density at radius 2 is 1.88 bits per heavy atom. The van der Waals surface area contributed by atoms with E-state index >= 15 is 0 Å². The van der Waals surface area contributed by atoms with Gasteiger partial charge in [0.2, 0.25) is 0 Å². The molecular formula is C26H22N6. The normalized spacial score (nSPS) is 12.2. The molecule has 32 heavy (non-hydrogen) atoms. The number of rotatable bonds is 5. The van der Waals surface area contributed by atoms with Gasteiger partial charge in [-0.05, 0) is 37.6 Å². The minimum atomic E-state index is 0.673. The van der Waals surface area contributed by atoms with Crippen molar-refractivity contribution in [2.45, 2.75) is 13.8 Å². The standard InChI is InChI=1S/C26H22N6/c1-4-17(15-27-5-2)20-12-13-22-24(28-20)25(32-31-22)26-29-21-11-7-10-19(23(21)30-26)18-9-6-8-16(3)14-18/h4-15H,1H2,2-3H3,(H,29,30)(H,31,32)/b17-15+,27-5?. The lowest BCUT2D eigenvalue weighted by Crippen LogP contribution is -1.89. The van der Waals surface area contributed by atoms with E-state index in [0.29, 0.717) is 11.5 Å². The number of hydrogen-bond acceptors (Lipinski definition) is 4. The van der Waals surface area contributed by atoms with Crippen LogP contribution in [0.25, 0.3) is 50.3 Å². The molecule has 0 bridgehead atoms. The second kappa shape index (κ2) is 8.07. The Morgan fingerprint density at radius 1 is 1.00 bits per heavy atom. The van der Waals surface area contributed by atoms with Gasteiger partial charge in [-0.1, -0.05) is 54.6 Å². The van der Waals surface area contributed by atoms with Crippen LogP contribution in [0, 0.1) is 6.92 Å². The van der Waals surface area contributed by atoms with Crippen LogP contribution >= 0.6 is 0 Å². The molecule has 2 aromatic carbocycles. The highest BCUT2D eigenvalue weighted by Gasteiger charge is 2.17. The summed E-state index contributed by atoms with van der Waals surface area (Å²) < 4.78 is 0. The smallest absolute Gasteiger partial charge is 0.161 e. The average molecular weight is 419 g/mol. The second-order valence-corrected chi connectivity index (χ2v) is 7.52. The summed E-state index contributed by atoms with van der Waals surface area (Å²) in [4.78, 5) is 17.4. The van der Waals surface area contributed by atoms with Crippen molar-refractivity contribution >= 4 is 33.9 Å². The first-order valence-corrected chi connectivity index (χ1v) is 10.4. The van der Waals surface area contributed by atoms with Crippen LogP contribution in [-0.4, -0.2) is 31.4 Å². The molecule has 5 rings (SSSR count). The van der Waals surface area contributed by atoms with Crippen LogP contribution < -0.4 is 0 Å². The fraction of sp³-hybridized carbons (Fsp3) is 0.0769. The van der Waals surface area contributed by atoms with Gasteiger partial charge in [-0.2, -0.15) is 5.10 Å². The van der Waals surface area contributed by atoms with Crippen molar-refractivity contribution in [1.29, 1.82) is 0 Å². The molecule has 0 saturated carbocycles. The van der Waals surface area contributed by atoms with E-state index in [9.17, 15) is 0 Å². The Bertz CT molecular complexity index is 1520. The second-order valence-electron chi connectivity index (χ2n) is 7.52. The third-order valence-electron chi connectivity index (χ3n) is 5.35. The number of para-hydroxylation sites is 1. The Labute approximate surface area is 185 Å². The zero-order chi connectivity index (χ0) is 22.1. The topological polar surface area (TPSA) is 82.6 Å². The van der Waals surface area contributed by atoms with Gasteiger partial charge in [-0.3, -0.25) is 10.1 Å². The molecular weight excluding hydrogens is 396 g/mol. The van der Waals surface area contributed by atoms with Gasteiger partial charge in [-0.25, -0.2) is 9.97 Å². The Balaban J connectivity index is 1.66. The molecule has 0 atom stereocenters. The zero-order valence-corrected chi connectivity index (χ0v) is 17.9. The van der Waals surface area contributed by atoms with Crippen molar-refractivity contribution in [3.8, 4) is 22.6 Å². The molecule has 156 valence electrons. The van der Waals surface area contributed by atoms with Gasteiger partial charge in [0.15, 0.2) is 11.5 Å². The molecule has 3 heterocycles. The number of pyridine rings is 1. The highest BCUT2D eigenvalue weighted by molar-refractivity contribution is 5.96. The molecule has 5 aromatic rings. The first kappa shape index (κ1) is 19.6. The average Bonchev–Trinajstić information content (AvgIpc) is 3.43. The van der Waals surface area contributed by atoms with Gasteiger partial charge >= 0.3 is 0 Å². The monoisotopic (exact) mass is 418 g/mol. The van der Waals surface area contributed by atoms with Crippen molar-refractivity contribution < 1.29 is 0 Å². The molecule has 0 aliphatic heterocycles. The lowest BCUT2D eigenvalue weighted by Gasteiger charge is -2.03. The third kappa shape index (κ3) is 3.41. The molecule has 0 radical (unpaired) electrons. The largest absolute Gasteiger partial charge is 0.336 e. The van der Waals surface area contributed by atoms with E-state index in [1.54, 1.807) is 18.5 Å². The van der Waals surface area contributed by atoms with Crippen molar-refractivity contribution in [2.75, 3.05) is 0 Å². The molecule has 0 unspecified atom stereocenters. The first-order chi connectivity index (χ1) is 15.7. The van der Waals surface area contributed by atoms with Crippen LogP contribution in [0.5, 0.6) is 0 Å². The number of H-pyrrole nitrogens is 2. The highest BCUT2D eigenvalue weighted by atomic mass is 15.1. The van der Waals surface area contributed by atoms with Gasteiger partial charge in [0, 0.05) is 23.6 Å². The van der Waals surface area contributed by atoms with Crippen LogP contribution in [0.15, 0.2) is 78.4 Å². The number of fused-ring (bicyclic) bond motifs is 2. The predicted molar refractivity (Wildman–Crippen MR) is 131 cm³/mol. The summed E-state index contributed by atoms with van der Waals surface area (Å²) in [5, 5.41) is 7.57. The molecule has 0 spiro atoms. The van der Waals surface area contributed by atoms with E-state index in [-0.39, 0.29) is 0 Å². The van der Waals surface area contributed by atoms with Gasteiger partial charge in [0.05, 0.1) is 22.2 Å². The minimum Gasteiger partial charge on any atom is -0.336 e. The molecule has 0 amide bonds. The molecule has 6 nitrogen and oxygen atoms in total. The summed E-state index contributed by atoms with van der Waals surface area (Å²) in [5.41, 5.74) is 9.16. The van der Waals surface area contributed by atoms with Crippen LogP contribution in [-0.2, 0) is 0 Å². The van der Waals surface area contributed by atoms with Crippen LogP contribution in [0.1, 0.15) is 18.2 Å². The number of nitrogens with zero attached hydrogens (tertiary/aromatic N) is 4. The van der Waals surface area contributed by atoms with Gasteiger partial charge in [0.25, 0.3) is 0 Å². The fourth-order valence-corrected chi connectivity index (χ4v) is 3.79. The van der Waals surface area contributed by atoms with Gasteiger partial charge in [0.1, 0.15) is 5.52 Å². The number of aliphatic imine (C=N–C) groups is 1. The summed E-state index contributed by atoms with van der Waals surface area (Å²) in [6, 6.07) is 18.5. The van der Waals surface area contributed by atoms with Crippen molar-refractivity contribution in [1.82, 2.24) is 25.1 Å². The van der Waals surface area contributed by atoms with E-state index in [2.05, 4.69) is 64.0 Å². The SMILES string of the molecule is C=C/C(=C\N=CC)c1ccc2[nH]nc(-c3nc4c(-c5cccc(C)c5)cccc4[nH]3)c2n1. The maximum absolute atomic E-state index is 4.92. The molecule has 3 aromatic heterocycles. The van der Waals surface area contributed by atoms with Gasteiger partial charge in [-0.15, -0.1) is 0 Å². The van der Waals surface area contributed by atoms with E-state index in [1.165, 1.54) is 5.56 Å². The number of aromatic nitrogens is 5. The first-order valence-electron chi connectivity index (χ1n) is 10.4. The van der Waals surface area contributed by atoms with E-state index in [1.807, 2.05) is 31.2 Å². The van der Waals surface area contributed by atoms with E-state index < -0.39 is 0 Å². The predicted octanol–water partition coefficient (Wildman–Crippen LogP) is 6.09. The van der Waals surface area contributed by atoms with Gasteiger partial charge < -0.3 is 4.98 Å². The number of aryl methyl sites for hydroxylation is 1. The molecule has 6 heteroatoms. The lowest BCUT2D eigenvalue weighted by molar-refractivity contribution is 1.10. The van der Waals surface area contributed by atoms with Crippen molar-refractivity contribution in [2.24, 2.45) is 4.99 Å². The lowest BCUT2D eigenvalue weighted by atomic mass is 10.0. The molecule has 0 aliphatic rings. The Hall–Kier alpha value is -4.32. The molecule has 2 N–H and O–H groups in total. The van der Waals surface area contributed by atoms with Crippen LogP contribution in [0.2, 0.25) is 0 Å². The summed E-state index contributed by atoms with van der Waals surface area (Å²) in [6.07, 6.45) is 5.22. The summed E-state index contributed by atoms with van der Waals surface area (Å²) >= 11 is 0. The molecule has 0 fully saturated rings. The quantitative estimate of drug-likeness (QED) is 0.267. The summed E-state index contributed by atoms with van der Waals surface area (Å²) in [5.74, 6) is 0.673. The number of benzene rings is 2. The number of aromatic amines is 2. The maximum Gasteiger partial charge on any atom is 0.161 e. The maximum atomic E-state index is 4.92. The third-order valence-corrected chi connectivity index (χ3v) is 5.35. The van der Waals surface area contributed by atoms with Crippen molar-refractivity contribution in [3.63, 3.8) is 0 Å². The van der Waals surface area contributed by atoms with Crippen LogP contribution in [0.3, 0.4) is 0 Å². The fourth-order valence-electron chi connectivity index (χ4n) is 3.79. The van der Waals surface area contributed by atoms with Crippen LogP contribution in [0.4, 0.5) is 0 Å². The Morgan fingerprint density at radius 3 is 2.69 bits per heavy atom. The number of hydrogen-bond donors (Lipinski definition) is 2. The van der Waals surface area contributed by atoms with Crippen molar-refractivity contribution in [3.05, 3.63) is 84.7 Å².